The maximum absolute atomic E-state index is 5.90. The molecule has 110 valence electrons. The molecular weight excluding hydrogens is 274 g/mol. The topological polar surface area (TPSA) is 56.3 Å². The molecule has 0 fully saturated rings. The van der Waals surface area contributed by atoms with Gasteiger partial charge in [-0.25, -0.2) is 4.98 Å². The molecule has 0 spiro atoms. The molecule has 1 N–H and O–H groups in total. The fourth-order valence-electron chi connectivity index (χ4n) is 1.91. The Morgan fingerprint density at radius 1 is 1.35 bits per heavy atom. The van der Waals surface area contributed by atoms with Crippen LogP contribution in [0, 0.1) is 0 Å². The number of anilines is 1. The van der Waals surface area contributed by atoms with Gasteiger partial charge < -0.3 is 14.8 Å². The molecule has 2 heterocycles. The predicted octanol–water partition coefficient (Wildman–Crippen LogP) is 3.10. The van der Waals surface area contributed by atoms with Crippen LogP contribution < -0.4 is 10.1 Å². The van der Waals surface area contributed by atoms with E-state index in [-0.39, 0.29) is 6.10 Å². The maximum Gasteiger partial charge on any atom is 0.227 e. The predicted molar refractivity (Wildman–Crippen MR) is 82.9 cm³/mol. The standard InChI is InChI=1S/C14H21N3O2S/c1-5-10-7-11-12(19-9(3)8-18-4)16-14(15-6-2)17-13(11)20-10/h7,9H,5-6,8H2,1-4H3,(H,15,16,17). The highest BCUT2D eigenvalue weighted by atomic mass is 32.1. The van der Waals surface area contributed by atoms with Crippen molar-refractivity contribution >= 4 is 27.5 Å². The molecule has 0 aliphatic heterocycles. The average molecular weight is 295 g/mol. The first-order chi connectivity index (χ1) is 9.67. The van der Waals surface area contributed by atoms with Crippen molar-refractivity contribution < 1.29 is 9.47 Å². The van der Waals surface area contributed by atoms with Gasteiger partial charge in [-0.15, -0.1) is 11.3 Å². The number of hydrogen-bond acceptors (Lipinski definition) is 6. The number of hydrogen-bond donors (Lipinski definition) is 1. The monoisotopic (exact) mass is 295 g/mol. The zero-order chi connectivity index (χ0) is 14.5. The van der Waals surface area contributed by atoms with Crippen LogP contribution in [0.4, 0.5) is 5.95 Å². The highest BCUT2D eigenvalue weighted by molar-refractivity contribution is 7.18. The molecule has 2 aromatic rings. The van der Waals surface area contributed by atoms with Crippen molar-refractivity contribution in [3.8, 4) is 5.88 Å². The van der Waals surface area contributed by atoms with Crippen LogP contribution in [-0.2, 0) is 11.2 Å². The first-order valence-electron chi connectivity index (χ1n) is 6.87. The Balaban J connectivity index is 2.39. The lowest BCUT2D eigenvalue weighted by Crippen LogP contribution is -2.19. The van der Waals surface area contributed by atoms with Gasteiger partial charge in [0.05, 0.1) is 12.0 Å². The lowest BCUT2D eigenvalue weighted by Gasteiger charge is -2.14. The summed E-state index contributed by atoms with van der Waals surface area (Å²) in [6.07, 6.45) is 0.947. The van der Waals surface area contributed by atoms with Crippen LogP contribution in [0.15, 0.2) is 6.07 Å². The Labute approximate surface area is 123 Å². The zero-order valence-corrected chi connectivity index (χ0v) is 13.2. The summed E-state index contributed by atoms with van der Waals surface area (Å²) in [6, 6.07) is 2.12. The summed E-state index contributed by atoms with van der Waals surface area (Å²) in [5.41, 5.74) is 0. The zero-order valence-electron chi connectivity index (χ0n) is 12.4. The molecule has 0 aliphatic carbocycles. The van der Waals surface area contributed by atoms with Gasteiger partial charge in [0.15, 0.2) is 0 Å². The quantitative estimate of drug-likeness (QED) is 0.850. The number of fused-ring (bicyclic) bond motifs is 1. The number of aryl methyl sites for hydroxylation is 1. The third-order valence-corrected chi connectivity index (χ3v) is 3.98. The number of aromatic nitrogens is 2. The first-order valence-corrected chi connectivity index (χ1v) is 7.69. The summed E-state index contributed by atoms with van der Waals surface area (Å²) in [6.45, 7) is 7.44. The van der Waals surface area contributed by atoms with Crippen LogP contribution in [0.1, 0.15) is 25.6 Å². The van der Waals surface area contributed by atoms with Gasteiger partial charge in [-0.05, 0) is 26.3 Å². The average Bonchev–Trinajstić information content (AvgIpc) is 2.82. The van der Waals surface area contributed by atoms with Crippen molar-refractivity contribution in [1.29, 1.82) is 0 Å². The molecule has 0 aliphatic rings. The Morgan fingerprint density at radius 2 is 2.15 bits per heavy atom. The third-order valence-electron chi connectivity index (χ3n) is 2.81. The Morgan fingerprint density at radius 3 is 2.80 bits per heavy atom. The van der Waals surface area contributed by atoms with Crippen LogP contribution in [0.25, 0.3) is 10.2 Å². The lowest BCUT2D eigenvalue weighted by atomic mass is 10.3. The number of ether oxygens (including phenoxy) is 2. The van der Waals surface area contributed by atoms with E-state index < -0.39 is 0 Å². The van der Waals surface area contributed by atoms with Crippen molar-refractivity contribution in [1.82, 2.24) is 9.97 Å². The highest BCUT2D eigenvalue weighted by Gasteiger charge is 2.14. The summed E-state index contributed by atoms with van der Waals surface area (Å²) < 4.78 is 11.0. The van der Waals surface area contributed by atoms with Crippen molar-refractivity contribution in [3.05, 3.63) is 10.9 Å². The molecule has 1 unspecified atom stereocenters. The first kappa shape index (κ1) is 15.0. The fourth-order valence-corrected chi connectivity index (χ4v) is 2.86. The van der Waals surface area contributed by atoms with Crippen LogP contribution in [0.2, 0.25) is 0 Å². The van der Waals surface area contributed by atoms with E-state index in [9.17, 15) is 0 Å². The molecule has 0 bridgehead atoms. The van der Waals surface area contributed by atoms with Crippen LogP contribution in [0.5, 0.6) is 5.88 Å². The summed E-state index contributed by atoms with van der Waals surface area (Å²) >= 11 is 1.69. The number of rotatable bonds is 7. The van der Waals surface area contributed by atoms with Gasteiger partial charge in [-0.2, -0.15) is 4.98 Å². The van der Waals surface area contributed by atoms with Crippen LogP contribution >= 0.6 is 11.3 Å². The van der Waals surface area contributed by atoms with Gasteiger partial charge >= 0.3 is 0 Å². The van der Waals surface area contributed by atoms with E-state index in [1.54, 1.807) is 18.4 Å². The van der Waals surface area contributed by atoms with Gasteiger partial charge in [0.1, 0.15) is 10.9 Å². The molecule has 0 aromatic carbocycles. The molecule has 0 amide bonds. The molecule has 6 heteroatoms. The van der Waals surface area contributed by atoms with Gasteiger partial charge in [0.25, 0.3) is 0 Å². The largest absolute Gasteiger partial charge is 0.472 e. The Bertz CT molecular complexity index is 571. The Hall–Kier alpha value is -1.40. The van der Waals surface area contributed by atoms with E-state index in [1.807, 2.05) is 13.8 Å². The minimum absolute atomic E-state index is 0.0439. The lowest BCUT2D eigenvalue weighted by molar-refractivity contribution is 0.0902. The molecule has 0 saturated carbocycles. The highest BCUT2D eigenvalue weighted by Crippen LogP contribution is 2.32. The molecule has 0 radical (unpaired) electrons. The van der Waals surface area contributed by atoms with Crippen molar-refractivity contribution in [2.45, 2.75) is 33.3 Å². The van der Waals surface area contributed by atoms with Gasteiger partial charge in [-0.1, -0.05) is 6.92 Å². The van der Waals surface area contributed by atoms with E-state index in [0.29, 0.717) is 18.4 Å². The molecule has 1 atom stereocenters. The second-order valence-electron chi connectivity index (χ2n) is 4.55. The van der Waals surface area contributed by atoms with Gasteiger partial charge in [0, 0.05) is 18.5 Å². The molecule has 0 saturated heterocycles. The summed E-state index contributed by atoms with van der Waals surface area (Å²) in [5, 5.41) is 4.13. The van der Waals surface area contributed by atoms with E-state index in [2.05, 4.69) is 28.3 Å². The summed E-state index contributed by atoms with van der Waals surface area (Å²) in [4.78, 5) is 11.2. The minimum Gasteiger partial charge on any atom is -0.472 e. The molecule has 20 heavy (non-hydrogen) atoms. The number of nitrogens with zero attached hydrogens (tertiary/aromatic N) is 2. The fraction of sp³-hybridized carbons (Fsp3) is 0.571. The normalized spacial score (nSPS) is 12.6. The summed E-state index contributed by atoms with van der Waals surface area (Å²) in [7, 11) is 1.67. The number of thiophene rings is 1. The second kappa shape index (κ2) is 6.85. The van der Waals surface area contributed by atoms with E-state index in [0.717, 1.165) is 23.2 Å². The number of nitrogens with one attached hydrogen (secondary N) is 1. The van der Waals surface area contributed by atoms with Crippen molar-refractivity contribution in [2.24, 2.45) is 0 Å². The molecular formula is C14H21N3O2S. The van der Waals surface area contributed by atoms with E-state index in [4.69, 9.17) is 9.47 Å². The van der Waals surface area contributed by atoms with Crippen molar-refractivity contribution in [2.75, 3.05) is 25.6 Å². The SMILES string of the molecule is CCNc1nc(OC(C)COC)c2cc(CC)sc2n1. The van der Waals surface area contributed by atoms with E-state index in [1.165, 1.54) is 4.88 Å². The minimum atomic E-state index is -0.0439. The van der Waals surface area contributed by atoms with Crippen LogP contribution in [-0.4, -0.2) is 36.3 Å². The second-order valence-corrected chi connectivity index (χ2v) is 5.67. The number of methoxy groups -OCH3 is 1. The van der Waals surface area contributed by atoms with Crippen molar-refractivity contribution in [3.63, 3.8) is 0 Å². The molecule has 5 nitrogen and oxygen atoms in total. The van der Waals surface area contributed by atoms with Gasteiger partial charge in [0.2, 0.25) is 11.8 Å². The smallest absolute Gasteiger partial charge is 0.227 e. The van der Waals surface area contributed by atoms with Gasteiger partial charge in [-0.3, -0.25) is 0 Å². The summed E-state index contributed by atoms with van der Waals surface area (Å²) in [5.74, 6) is 1.25. The molecule has 2 rings (SSSR count). The molecule has 2 aromatic heterocycles. The maximum atomic E-state index is 5.90. The van der Waals surface area contributed by atoms with E-state index >= 15 is 0 Å². The Kier molecular flexibility index (Phi) is 5.14. The van der Waals surface area contributed by atoms with Crippen LogP contribution in [0.3, 0.4) is 0 Å². The third kappa shape index (κ3) is 3.37.